The first-order valence-corrected chi connectivity index (χ1v) is 5.77. The van der Waals surface area contributed by atoms with Crippen molar-refractivity contribution in [2.45, 2.75) is 13.5 Å². The first-order chi connectivity index (χ1) is 7.63. The lowest BCUT2D eigenvalue weighted by molar-refractivity contribution is 0.796. The van der Waals surface area contributed by atoms with Gasteiger partial charge in [-0.25, -0.2) is 0 Å². The second-order valence-corrected chi connectivity index (χ2v) is 4.54. The zero-order valence-corrected chi connectivity index (χ0v) is 10.8. The SMILES string of the molecule is Cc1ccc(-c2nnc(CN)n2C)c(Br)c1. The minimum atomic E-state index is 0.396. The van der Waals surface area contributed by atoms with Gasteiger partial charge in [-0.3, -0.25) is 0 Å². The molecule has 0 bridgehead atoms. The largest absolute Gasteiger partial charge is 0.324 e. The van der Waals surface area contributed by atoms with Gasteiger partial charge in [0.1, 0.15) is 5.82 Å². The van der Waals surface area contributed by atoms with Crippen molar-refractivity contribution in [1.82, 2.24) is 14.8 Å². The number of halogens is 1. The van der Waals surface area contributed by atoms with E-state index in [4.69, 9.17) is 5.73 Å². The maximum absolute atomic E-state index is 5.57. The second-order valence-electron chi connectivity index (χ2n) is 3.69. The molecule has 0 radical (unpaired) electrons. The summed E-state index contributed by atoms with van der Waals surface area (Å²) in [7, 11) is 1.92. The minimum Gasteiger partial charge on any atom is -0.324 e. The summed E-state index contributed by atoms with van der Waals surface area (Å²) >= 11 is 3.54. The molecule has 2 rings (SSSR count). The van der Waals surface area contributed by atoms with E-state index in [0.29, 0.717) is 6.54 Å². The normalized spacial score (nSPS) is 10.8. The minimum absolute atomic E-state index is 0.396. The summed E-state index contributed by atoms with van der Waals surface area (Å²) in [5, 5.41) is 8.19. The third kappa shape index (κ3) is 1.88. The van der Waals surface area contributed by atoms with Crippen molar-refractivity contribution < 1.29 is 0 Å². The molecule has 0 saturated heterocycles. The Labute approximate surface area is 103 Å². The van der Waals surface area contributed by atoms with Gasteiger partial charge in [-0.15, -0.1) is 10.2 Å². The summed E-state index contributed by atoms with van der Waals surface area (Å²) in [6.07, 6.45) is 0. The Hall–Kier alpha value is -1.20. The van der Waals surface area contributed by atoms with Crippen LogP contribution in [0.3, 0.4) is 0 Å². The Bertz CT molecular complexity index is 519. The number of aromatic nitrogens is 3. The van der Waals surface area contributed by atoms with Crippen molar-refractivity contribution in [3.63, 3.8) is 0 Å². The molecular weight excluding hydrogens is 268 g/mol. The van der Waals surface area contributed by atoms with Gasteiger partial charge in [0.25, 0.3) is 0 Å². The maximum atomic E-state index is 5.57. The number of benzene rings is 1. The van der Waals surface area contributed by atoms with Crippen LogP contribution in [0, 0.1) is 6.92 Å². The van der Waals surface area contributed by atoms with Crippen LogP contribution in [0.4, 0.5) is 0 Å². The van der Waals surface area contributed by atoms with Crippen LogP contribution >= 0.6 is 15.9 Å². The quantitative estimate of drug-likeness (QED) is 0.916. The highest BCUT2D eigenvalue weighted by atomic mass is 79.9. The van der Waals surface area contributed by atoms with Crippen LogP contribution in [0.5, 0.6) is 0 Å². The van der Waals surface area contributed by atoms with E-state index in [9.17, 15) is 0 Å². The van der Waals surface area contributed by atoms with Crippen LogP contribution in [0.2, 0.25) is 0 Å². The van der Waals surface area contributed by atoms with E-state index in [0.717, 1.165) is 21.7 Å². The summed E-state index contributed by atoms with van der Waals surface area (Å²) in [5.74, 6) is 1.61. The standard InChI is InChI=1S/C11H13BrN4/c1-7-3-4-8(9(12)5-7)11-15-14-10(6-13)16(11)2/h3-5H,6,13H2,1-2H3. The fraction of sp³-hybridized carbons (Fsp3) is 0.273. The van der Waals surface area contributed by atoms with Crippen molar-refractivity contribution in [2.24, 2.45) is 12.8 Å². The molecule has 0 fully saturated rings. The third-order valence-corrected chi connectivity index (χ3v) is 3.17. The number of aryl methyl sites for hydroxylation is 1. The highest BCUT2D eigenvalue weighted by Gasteiger charge is 2.12. The zero-order valence-electron chi connectivity index (χ0n) is 9.24. The number of nitrogens with two attached hydrogens (primary N) is 1. The number of hydrogen-bond donors (Lipinski definition) is 1. The number of rotatable bonds is 2. The van der Waals surface area contributed by atoms with Crippen LogP contribution in [0.15, 0.2) is 22.7 Å². The number of nitrogens with zero attached hydrogens (tertiary/aromatic N) is 3. The van der Waals surface area contributed by atoms with Crippen LogP contribution in [0.25, 0.3) is 11.4 Å². The van der Waals surface area contributed by atoms with Crippen LogP contribution in [0.1, 0.15) is 11.4 Å². The van der Waals surface area contributed by atoms with Crippen LogP contribution < -0.4 is 5.73 Å². The van der Waals surface area contributed by atoms with Gasteiger partial charge in [0.2, 0.25) is 0 Å². The van der Waals surface area contributed by atoms with Crippen molar-refractivity contribution in [1.29, 1.82) is 0 Å². The van der Waals surface area contributed by atoms with E-state index in [2.05, 4.69) is 45.2 Å². The molecule has 0 aliphatic carbocycles. The lowest BCUT2D eigenvalue weighted by Gasteiger charge is -2.05. The average molecular weight is 281 g/mol. The van der Waals surface area contributed by atoms with Crippen LogP contribution in [-0.2, 0) is 13.6 Å². The summed E-state index contributed by atoms with van der Waals surface area (Å²) in [6.45, 7) is 2.45. The summed E-state index contributed by atoms with van der Waals surface area (Å²) < 4.78 is 2.93. The smallest absolute Gasteiger partial charge is 0.164 e. The summed E-state index contributed by atoms with van der Waals surface area (Å²) in [6, 6.07) is 6.15. The van der Waals surface area contributed by atoms with Gasteiger partial charge in [0.05, 0.1) is 6.54 Å². The van der Waals surface area contributed by atoms with Gasteiger partial charge >= 0.3 is 0 Å². The van der Waals surface area contributed by atoms with E-state index in [1.807, 2.05) is 17.7 Å². The highest BCUT2D eigenvalue weighted by Crippen LogP contribution is 2.27. The molecule has 16 heavy (non-hydrogen) atoms. The van der Waals surface area contributed by atoms with Crippen LogP contribution in [-0.4, -0.2) is 14.8 Å². The molecule has 1 aromatic heterocycles. The highest BCUT2D eigenvalue weighted by molar-refractivity contribution is 9.10. The molecule has 0 saturated carbocycles. The zero-order chi connectivity index (χ0) is 11.7. The Morgan fingerprint density at radius 3 is 2.69 bits per heavy atom. The summed E-state index contributed by atoms with van der Waals surface area (Å²) in [4.78, 5) is 0. The molecule has 0 amide bonds. The van der Waals surface area contributed by atoms with E-state index in [1.54, 1.807) is 0 Å². The van der Waals surface area contributed by atoms with Crippen molar-refractivity contribution in [2.75, 3.05) is 0 Å². The Balaban J connectivity index is 2.54. The van der Waals surface area contributed by atoms with Crippen molar-refractivity contribution in [3.05, 3.63) is 34.1 Å². The predicted octanol–water partition coefficient (Wildman–Crippen LogP) is 2.01. The fourth-order valence-electron chi connectivity index (χ4n) is 1.58. The van der Waals surface area contributed by atoms with Crippen molar-refractivity contribution in [3.8, 4) is 11.4 Å². The molecule has 0 spiro atoms. The second kappa shape index (κ2) is 4.35. The molecular formula is C11H13BrN4. The third-order valence-electron chi connectivity index (χ3n) is 2.51. The first kappa shape index (κ1) is 11.3. The maximum Gasteiger partial charge on any atom is 0.164 e. The Morgan fingerprint density at radius 1 is 1.38 bits per heavy atom. The lowest BCUT2D eigenvalue weighted by Crippen LogP contribution is -2.05. The first-order valence-electron chi connectivity index (χ1n) is 4.98. The van der Waals surface area contributed by atoms with E-state index in [-0.39, 0.29) is 0 Å². The molecule has 0 atom stereocenters. The Kier molecular flexibility index (Phi) is 3.07. The topological polar surface area (TPSA) is 56.7 Å². The van der Waals surface area contributed by atoms with Gasteiger partial charge < -0.3 is 10.3 Å². The molecule has 84 valence electrons. The molecule has 0 aliphatic rings. The van der Waals surface area contributed by atoms with Gasteiger partial charge in [-0.2, -0.15) is 0 Å². The predicted molar refractivity (Wildman–Crippen MR) is 66.8 cm³/mol. The summed E-state index contributed by atoms with van der Waals surface area (Å²) in [5.41, 5.74) is 7.80. The fourth-order valence-corrected chi connectivity index (χ4v) is 2.25. The van der Waals surface area contributed by atoms with Crippen molar-refractivity contribution >= 4 is 15.9 Å². The molecule has 2 N–H and O–H groups in total. The van der Waals surface area contributed by atoms with Gasteiger partial charge in [-0.1, -0.05) is 22.0 Å². The Morgan fingerprint density at radius 2 is 2.12 bits per heavy atom. The van der Waals surface area contributed by atoms with E-state index in [1.165, 1.54) is 5.56 Å². The molecule has 0 aliphatic heterocycles. The number of hydrogen-bond acceptors (Lipinski definition) is 3. The molecule has 0 unspecified atom stereocenters. The lowest BCUT2D eigenvalue weighted by atomic mass is 10.1. The molecule has 2 aromatic rings. The van der Waals surface area contributed by atoms with Gasteiger partial charge in [0, 0.05) is 17.1 Å². The molecule has 4 nitrogen and oxygen atoms in total. The van der Waals surface area contributed by atoms with Gasteiger partial charge in [0.15, 0.2) is 5.82 Å². The average Bonchev–Trinajstić information content (AvgIpc) is 2.60. The van der Waals surface area contributed by atoms with Gasteiger partial charge in [-0.05, 0) is 24.6 Å². The molecule has 1 aromatic carbocycles. The van der Waals surface area contributed by atoms with E-state index >= 15 is 0 Å². The van der Waals surface area contributed by atoms with E-state index < -0.39 is 0 Å². The molecule has 1 heterocycles. The monoisotopic (exact) mass is 280 g/mol. The molecule has 5 heteroatoms.